The number of thioether (sulfide) groups is 1. The molecule has 1 aliphatic rings. The van der Waals surface area contributed by atoms with Gasteiger partial charge in [-0.2, -0.15) is 5.26 Å². The predicted octanol–water partition coefficient (Wildman–Crippen LogP) is 3.91. The number of esters is 1. The summed E-state index contributed by atoms with van der Waals surface area (Å²) in [6, 6.07) is 19.2. The molecule has 1 atom stereocenters. The van der Waals surface area contributed by atoms with Crippen LogP contribution in [0.1, 0.15) is 24.0 Å². The van der Waals surface area contributed by atoms with Gasteiger partial charge < -0.3 is 20.5 Å². The van der Waals surface area contributed by atoms with E-state index in [4.69, 9.17) is 15.2 Å². The van der Waals surface area contributed by atoms with Crippen molar-refractivity contribution in [2.75, 3.05) is 12.4 Å². The van der Waals surface area contributed by atoms with Crippen LogP contribution < -0.4 is 15.8 Å². The molecule has 1 amide bonds. The smallest absolute Gasteiger partial charge is 0.337 e. The summed E-state index contributed by atoms with van der Waals surface area (Å²) in [6.45, 7) is 5.77. The number of dihydropyridines is 1. The Morgan fingerprint density at radius 1 is 1.21 bits per heavy atom. The van der Waals surface area contributed by atoms with Gasteiger partial charge in [0.2, 0.25) is 5.91 Å². The molecule has 0 unspecified atom stereocenters. The number of carbonyl (C=O) groups is 2. The summed E-state index contributed by atoms with van der Waals surface area (Å²) in [5.41, 5.74) is 8.21. The number of primary amides is 1. The minimum absolute atomic E-state index is 0.00395. The van der Waals surface area contributed by atoms with Gasteiger partial charge in [0.05, 0.1) is 33.9 Å². The van der Waals surface area contributed by atoms with Crippen molar-refractivity contribution in [3.05, 3.63) is 100 Å². The highest BCUT2D eigenvalue weighted by Gasteiger charge is 2.35. The summed E-state index contributed by atoms with van der Waals surface area (Å²) < 4.78 is 11.2. The summed E-state index contributed by atoms with van der Waals surface area (Å²) in [7, 11) is 0. The van der Waals surface area contributed by atoms with Crippen LogP contribution in [0.2, 0.25) is 0 Å². The second-order valence-electron chi connectivity index (χ2n) is 7.44. The van der Waals surface area contributed by atoms with Gasteiger partial charge in [-0.15, -0.1) is 0 Å². The van der Waals surface area contributed by atoms with E-state index < -0.39 is 17.8 Å². The first-order chi connectivity index (χ1) is 16.4. The van der Waals surface area contributed by atoms with Gasteiger partial charge in [0, 0.05) is 5.70 Å². The molecule has 2 aromatic rings. The Balaban J connectivity index is 1.93. The Labute approximate surface area is 202 Å². The molecule has 0 fully saturated rings. The minimum atomic E-state index is -0.679. The van der Waals surface area contributed by atoms with Gasteiger partial charge in [0.15, 0.2) is 0 Å². The summed E-state index contributed by atoms with van der Waals surface area (Å²) in [4.78, 5) is 24.2. The van der Waals surface area contributed by atoms with E-state index in [1.165, 1.54) is 6.08 Å². The van der Waals surface area contributed by atoms with Gasteiger partial charge in [-0.3, -0.25) is 4.79 Å². The van der Waals surface area contributed by atoms with Crippen molar-refractivity contribution in [1.29, 1.82) is 5.26 Å². The molecule has 0 saturated heterocycles. The van der Waals surface area contributed by atoms with Crippen molar-refractivity contribution in [2.45, 2.75) is 19.4 Å². The van der Waals surface area contributed by atoms with Gasteiger partial charge in [-0.25, -0.2) is 4.79 Å². The van der Waals surface area contributed by atoms with Crippen molar-refractivity contribution < 1.29 is 19.1 Å². The zero-order valence-corrected chi connectivity index (χ0v) is 19.6. The SMILES string of the molecule is C=CCOC(=O)C1=C(C)NC(SCC(N)=O)=C(C#N)[C@@H]1c1ccc(OCc2ccccc2)cc1. The average molecular weight is 476 g/mol. The van der Waals surface area contributed by atoms with Gasteiger partial charge in [-0.05, 0) is 30.2 Å². The Morgan fingerprint density at radius 2 is 1.91 bits per heavy atom. The number of nitrogens with zero attached hydrogens (tertiary/aromatic N) is 1. The molecule has 2 aromatic carbocycles. The van der Waals surface area contributed by atoms with E-state index >= 15 is 0 Å². The number of carbonyl (C=O) groups excluding carboxylic acids is 2. The maximum atomic E-state index is 12.9. The predicted molar refractivity (Wildman–Crippen MR) is 131 cm³/mol. The lowest BCUT2D eigenvalue weighted by Crippen LogP contribution is -2.29. The fourth-order valence-electron chi connectivity index (χ4n) is 3.48. The van der Waals surface area contributed by atoms with Gasteiger partial charge >= 0.3 is 5.97 Å². The lowest BCUT2D eigenvalue weighted by atomic mass is 9.82. The number of nitrogens with two attached hydrogens (primary N) is 1. The third kappa shape index (κ3) is 6.09. The van der Waals surface area contributed by atoms with Crippen LogP contribution in [0.15, 0.2) is 89.1 Å². The third-order valence-electron chi connectivity index (χ3n) is 5.02. The third-order valence-corrected chi connectivity index (χ3v) is 6.06. The zero-order chi connectivity index (χ0) is 24.5. The molecule has 0 radical (unpaired) electrons. The maximum absolute atomic E-state index is 12.9. The fraction of sp³-hybridized carbons (Fsp3) is 0.192. The van der Waals surface area contributed by atoms with Crippen molar-refractivity contribution in [3.8, 4) is 11.8 Å². The molecular weight excluding hydrogens is 450 g/mol. The first-order valence-corrected chi connectivity index (χ1v) is 11.5. The monoisotopic (exact) mass is 475 g/mol. The van der Waals surface area contributed by atoms with E-state index in [0.717, 1.165) is 17.3 Å². The van der Waals surface area contributed by atoms with Crippen LogP contribution in [0.4, 0.5) is 0 Å². The lowest BCUT2D eigenvalue weighted by Gasteiger charge is -2.29. The molecular formula is C26H25N3O4S. The van der Waals surface area contributed by atoms with E-state index in [1.54, 1.807) is 19.1 Å². The van der Waals surface area contributed by atoms with Crippen LogP contribution in [0, 0.1) is 11.3 Å². The first kappa shape index (κ1) is 24.7. The highest BCUT2D eigenvalue weighted by Crippen LogP contribution is 2.41. The number of hydrogen-bond donors (Lipinski definition) is 2. The topological polar surface area (TPSA) is 114 Å². The Kier molecular flexibility index (Phi) is 8.54. The maximum Gasteiger partial charge on any atom is 0.337 e. The molecule has 1 heterocycles. The summed E-state index contributed by atoms with van der Waals surface area (Å²) in [5, 5.41) is 13.5. The van der Waals surface area contributed by atoms with E-state index in [9.17, 15) is 14.9 Å². The quantitative estimate of drug-likeness (QED) is 0.395. The van der Waals surface area contributed by atoms with Gasteiger partial charge in [0.25, 0.3) is 0 Å². The second kappa shape index (κ2) is 11.8. The minimum Gasteiger partial charge on any atom is -0.489 e. The fourth-order valence-corrected chi connectivity index (χ4v) is 4.31. The van der Waals surface area contributed by atoms with E-state index in [1.807, 2.05) is 42.5 Å². The van der Waals surface area contributed by atoms with E-state index in [-0.39, 0.29) is 12.4 Å². The van der Waals surface area contributed by atoms with Gasteiger partial charge in [0.1, 0.15) is 19.0 Å². The molecule has 7 nitrogen and oxygen atoms in total. The van der Waals surface area contributed by atoms with E-state index in [2.05, 4.69) is 18.0 Å². The first-order valence-electron chi connectivity index (χ1n) is 10.5. The highest BCUT2D eigenvalue weighted by molar-refractivity contribution is 8.03. The van der Waals surface area contributed by atoms with Crippen molar-refractivity contribution in [2.24, 2.45) is 5.73 Å². The molecule has 0 bridgehead atoms. The number of amides is 1. The summed E-state index contributed by atoms with van der Waals surface area (Å²) in [5.74, 6) is -1.08. The number of nitrogens with one attached hydrogen (secondary N) is 1. The molecule has 8 heteroatoms. The number of allylic oxidation sites excluding steroid dienone is 2. The highest BCUT2D eigenvalue weighted by atomic mass is 32.2. The normalized spacial score (nSPS) is 15.2. The molecule has 0 aromatic heterocycles. The standard InChI is InChI=1S/C26H25N3O4S/c1-3-13-32-26(31)23-17(2)29-25(34-16-22(28)30)21(14-27)24(23)19-9-11-20(12-10-19)33-15-18-7-5-4-6-8-18/h3-12,24,29H,1,13,15-16H2,2H3,(H2,28,30)/t24-/m0/s1. The van der Waals surface area contributed by atoms with Crippen molar-refractivity contribution in [1.82, 2.24) is 5.32 Å². The molecule has 0 saturated carbocycles. The van der Waals surface area contributed by atoms with E-state index in [0.29, 0.717) is 39.8 Å². The van der Waals surface area contributed by atoms with Crippen LogP contribution >= 0.6 is 11.8 Å². The number of hydrogen-bond acceptors (Lipinski definition) is 7. The molecule has 0 aliphatic carbocycles. The lowest BCUT2D eigenvalue weighted by molar-refractivity contribution is -0.138. The Morgan fingerprint density at radius 3 is 2.53 bits per heavy atom. The van der Waals surface area contributed by atoms with Crippen LogP contribution in [0.25, 0.3) is 0 Å². The van der Waals surface area contributed by atoms with Crippen molar-refractivity contribution in [3.63, 3.8) is 0 Å². The van der Waals surface area contributed by atoms with Crippen LogP contribution in [0.5, 0.6) is 5.75 Å². The van der Waals surface area contributed by atoms with Crippen LogP contribution in [-0.2, 0) is 20.9 Å². The molecule has 0 spiro atoms. The molecule has 3 N–H and O–H groups in total. The number of rotatable bonds is 10. The molecule has 174 valence electrons. The number of benzene rings is 2. The Hall–Kier alpha value is -3.96. The van der Waals surface area contributed by atoms with Crippen LogP contribution in [-0.4, -0.2) is 24.2 Å². The summed E-state index contributed by atoms with van der Waals surface area (Å²) >= 11 is 1.13. The van der Waals surface area contributed by atoms with Gasteiger partial charge in [-0.1, -0.05) is 66.9 Å². The number of ether oxygens (including phenoxy) is 2. The molecule has 1 aliphatic heterocycles. The Bertz CT molecular complexity index is 1160. The molecule has 3 rings (SSSR count). The molecule has 34 heavy (non-hydrogen) atoms. The van der Waals surface area contributed by atoms with Crippen LogP contribution in [0.3, 0.4) is 0 Å². The van der Waals surface area contributed by atoms with Crippen molar-refractivity contribution >= 4 is 23.6 Å². The average Bonchev–Trinajstić information content (AvgIpc) is 2.85. The second-order valence-corrected chi connectivity index (χ2v) is 8.42. The zero-order valence-electron chi connectivity index (χ0n) is 18.7. The largest absolute Gasteiger partial charge is 0.489 e. The summed E-state index contributed by atoms with van der Waals surface area (Å²) in [6.07, 6.45) is 1.48. The number of nitriles is 1.